The van der Waals surface area contributed by atoms with Gasteiger partial charge in [-0.15, -0.1) is 0 Å². The molecular weight excluding hydrogens is 1810 g/mol. The van der Waals surface area contributed by atoms with Crippen LogP contribution in [0.1, 0.15) is 410 Å². The molecule has 864 valence electrons. The molecule has 12 saturated heterocycles. The first-order valence-corrected chi connectivity index (χ1v) is 60.0. The Hall–Kier alpha value is -1.12. The maximum atomic E-state index is 13.7. The zero-order valence-electron chi connectivity index (χ0n) is 105. The summed E-state index contributed by atoms with van der Waals surface area (Å²) in [5, 5.41) is 0. The number of piperazine rings is 1. The number of nitrogens with zero attached hydrogens (tertiary/aromatic N) is 13. The molecule has 0 bridgehead atoms. The van der Waals surface area contributed by atoms with E-state index < -0.39 is 35.8 Å². The van der Waals surface area contributed by atoms with Gasteiger partial charge in [0.2, 0.25) is 0 Å². The smallest absolute Gasteiger partial charge is 0.305 e. The third-order valence-corrected chi connectivity index (χ3v) is 36.1. The predicted octanol–water partition coefficient (Wildman–Crippen LogP) is 29.2. The summed E-state index contributed by atoms with van der Waals surface area (Å²) in [4.78, 5) is 29.3. The molecule has 0 aromatic carbocycles. The fraction of sp³-hybridized carbons (Fsp3) is 1.00. The summed E-state index contributed by atoms with van der Waals surface area (Å²) >= 11 is 0. The van der Waals surface area contributed by atoms with E-state index in [2.05, 4.69) is 273 Å². The van der Waals surface area contributed by atoms with Gasteiger partial charge in [0, 0.05) is 213 Å². The molecule has 0 spiro atoms. The third kappa shape index (κ3) is 48.7. The number of alkyl halides is 8. The molecule has 144 heavy (non-hydrogen) atoms. The summed E-state index contributed by atoms with van der Waals surface area (Å²) in [6, 6.07) is 2.63. The number of nitrogens with two attached hydrogens (primary N) is 1. The molecular formula is C122H250F8N14. The standard InChI is InChI=1S/4C11H21F2N.2C11H23N.C10H22N2.C10H21N.C9H20N2.3C9H19N/c2*1-8(2)10-5-6-14(9(3)4)7-11(10,12)13;2*1-8(2)10-5-6-14(9(3)4)11(12,13)7-10;3*1-9(2)11-5-7-12(8-6-11)10(3)4;1-8(2)10(5)6-11(7-10)9(3)4;1-7(2)9(10)5-11(6-9)8(3)4;2*1-7(2)9-5-10(6-9)8(3)4;1-7(2)9-5-6-10(9)8(3)4/h4*8-10H,5-7H2,1-4H3;2*9-11H,5-8H2,1-4H3;9-10H,5-8H2,1-4H3;8-9H,6-7H2,1-5H3;7-8H,5-6,10H2,1-4H3;3*7-9H,5-6H2,1-4H3. The van der Waals surface area contributed by atoms with E-state index in [1.54, 1.807) is 0 Å². The van der Waals surface area contributed by atoms with Crippen LogP contribution in [0.3, 0.4) is 0 Å². The molecule has 0 aliphatic carbocycles. The van der Waals surface area contributed by atoms with Crippen LogP contribution in [0.2, 0.25) is 0 Å². The lowest BCUT2D eigenvalue weighted by atomic mass is 9.72. The number of rotatable bonds is 24. The minimum Gasteiger partial charge on any atom is -0.323 e. The van der Waals surface area contributed by atoms with E-state index in [4.69, 9.17) is 5.73 Å². The lowest BCUT2D eigenvalue weighted by molar-refractivity contribution is -0.196. The molecule has 0 aromatic heterocycles. The molecule has 0 aromatic rings. The Kier molecular flexibility index (Phi) is 64.4. The van der Waals surface area contributed by atoms with Gasteiger partial charge in [-0.2, -0.15) is 17.6 Å². The molecule has 12 rings (SSSR count). The number of piperidine rings is 6. The van der Waals surface area contributed by atoms with Crippen LogP contribution < -0.4 is 5.73 Å². The SMILES string of the molecule is CC(C)C1CCN(C(C)C)C(F)(F)C1.CC(C)C1CCN(C(C)C)C(F)(F)C1.CC(C)C1CCN(C(C)C)CC1.CC(C)C1CCN(C(C)C)CC1.CC(C)C1CCN(C(C)C)CC1(F)F.CC(C)C1CCN(C(C)C)CC1(F)F.CC(C)C1CCN1C(C)C.CC(C)C1CN(C(C)C)C1.CC(C)C1CN(C(C)C)C1.CC(C)N1CC(C)(C(C)C)C1.CC(C)N1CC(N)(C(C)C)C1.CC(C)N1CCN(C(C)C)CC1. The van der Waals surface area contributed by atoms with Crippen LogP contribution in [-0.4, -0.2) is 328 Å². The van der Waals surface area contributed by atoms with Crippen LogP contribution in [0.4, 0.5) is 35.1 Å². The first-order valence-electron chi connectivity index (χ1n) is 60.0. The van der Waals surface area contributed by atoms with Crippen LogP contribution in [0.5, 0.6) is 0 Å². The Morgan fingerprint density at radius 1 is 0.208 bits per heavy atom. The van der Waals surface area contributed by atoms with E-state index in [0.29, 0.717) is 55.1 Å². The van der Waals surface area contributed by atoms with Gasteiger partial charge in [0.1, 0.15) is 0 Å². The van der Waals surface area contributed by atoms with Crippen LogP contribution in [0, 0.1) is 118 Å². The molecule has 14 nitrogen and oxygen atoms in total. The van der Waals surface area contributed by atoms with E-state index >= 15 is 0 Å². The molecule has 12 aliphatic heterocycles. The predicted molar refractivity (Wildman–Crippen MR) is 613 cm³/mol. The van der Waals surface area contributed by atoms with Gasteiger partial charge in [0.05, 0.1) is 13.1 Å². The van der Waals surface area contributed by atoms with Crippen molar-refractivity contribution in [2.45, 2.75) is 524 Å². The highest BCUT2D eigenvalue weighted by molar-refractivity contribution is 5.03. The van der Waals surface area contributed by atoms with Gasteiger partial charge in [-0.1, -0.05) is 159 Å². The van der Waals surface area contributed by atoms with E-state index in [1.807, 2.05) is 121 Å². The van der Waals surface area contributed by atoms with E-state index in [1.165, 1.54) is 140 Å². The van der Waals surface area contributed by atoms with E-state index in [9.17, 15) is 35.1 Å². The van der Waals surface area contributed by atoms with Crippen LogP contribution >= 0.6 is 0 Å². The van der Waals surface area contributed by atoms with E-state index in [-0.39, 0.29) is 79.3 Å². The Balaban J connectivity index is 0.000000787. The van der Waals surface area contributed by atoms with Gasteiger partial charge < -0.3 is 25.3 Å². The van der Waals surface area contributed by atoms with Gasteiger partial charge in [-0.3, -0.25) is 34.3 Å². The number of likely N-dealkylation sites (tertiary alicyclic amines) is 11. The van der Waals surface area contributed by atoms with Crippen molar-refractivity contribution in [1.82, 2.24) is 63.7 Å². The Labute approximate surface area is 891 Å². The molecule has 0 saturated carbocycles. The highest BCUT2D eigenvalue weighted by atomic mass is 19.3. The second-order valence-electron chi connectivity index (χ2n) is 54.7. The van der Waals surface area contributed by atoms with Crippen LogP contribution in [0.15, 0.2) is 0 Å². The van der Waals surface area contributed by atoms with Crippen molar-refractivity contribution in [2.24, 2.45) is 124 Å². The van der Waals surface area contributed by atoms with Crippen molar-refractivity contribution >= 4 is 0 Å². The van der Waals surface area contributed by atoms with E-state index in [0.717, 1.165) is 153 Å². The molecule has 0 amide bonds. The zero-order chi connectivity index (χ0) is 112. The summed E-state index contributed by atoms with van der Waals surface area (Å²) in [5.74, 6) is 5.14. The molecule has 12 aliphatic rings. The van der Waals surface area contributed by atoms with Crippen molar-refractivity contribution in [3.05, 3.63) is 0 Å². The van der Waals surface area contributed by atoms with Crippen LogP contribution in [0.25, 0.3) is 0 Å². The van der Waals surface area contributed by atoms with Gasteiger partial charge in [0.15, 0.2) is 0 Å². The van der Waals surface area contributed by atoms with Crippen molar-refractivity contribution in [3.63, 3.8) is 0 Å². The quantitative estimate of drug-likeness (QED) is 0.0737. The Morgan fingerprint density at radius 2 is 0.451 bits per heavy atom. The zero-order valence-corrected chi connectivity index (χ0v) is 105. The van der Waals surface area contributed by atoms with Crippen molar-refractivity contribution in [1.29, 1.82) is 0 Å². The fourth-order valence-corrected chi connectivity index (χ4v) is 22.5. The lowest BCUT2D eigenvalue weighted by Crippen LogP contribution is -2.71. The molecule has 2 N–H and O–H groups in total. The minimum absolute atomic E-state index is 0.0306. The molecule has 5 atom stereocenters. The summed E-state index contributed by atoms with van der Waals surface area (Å²) in [6.45, 7) is 131. The van der Waals surface area contributed by atoms with Crippen molar-refractivity contribution in [3.8, 4) is 0 Å². The number of hydrogen-bond acceptors (Lipinski definition) is 14. The maximum absolute atomic E-state index is 13.7. The highest BCUT2D eigenvalue weighted by Crippen LogP contribution is 2.45. The van der Waals surface area contributed by atoms with Gasteiger partial charge >= 0.3 is 12.1 Å². The van der Waals surface area contributed by atoms with Gasteiger partial charge in [-0.05, 0) is 383 Å². The second kappa shape index (κ2) is 65.8. The summed E-state index contributed by atoms with van der Waals surface area (Å²) in [6.07, 6.45) is 10.2. The maximum Gasteiger partial charge on any atom is 0.305 e. The monoisotopic (exact) mass is 2060 g/mol. The summed E-state index contributed by atoms with van der Waals surface area (Å²) in [5.41, 5.74) is 6.84. The molecule has 12 heterocycles. The molecule has 22 heteroatoms. The van der Waals surface area contributed by atoms with Gasteiger partial charge in [0.25, 0.3) is 11.8 Å². The second-order valence-corrected chi connectivity index (χ2v) is 54.7. The topological polar surface area (TPSA) is 68.1 Å². The van der Waals surface area contributed by atoms with Crippen molar-refractivity contribution < 1.29 is 35.1 Å². The first-order chi connectivity index (χ1) is 66.0. The summed E-state index contributed by atoms with van der Waals surface area (Å²) < 4.78 is 109. The van der Waals surface area contributed by atoms with Gasteiger partial charge in [-0.25, -0.2) is 27.4 Å². The molecule has 12 fully saturated rings. The normalized spacial score (nSPS) is 25.5. The lowest BCUT2D eigenvalue weighted by Gasteiger charge is -2.52. The van der Waals surface area contributed by atoms with Crippen molar-refractivity contribution in [2.75, 3.05) is 151 Å². The minimum atomic E-state index is -2.60. The highest BCUT2D eigenvalue weighted by Gasteiger charge is 2.51. The average Bonchev–Trinajstić information content (AvgIpc) is 0.781. The molecule has 5 unspecified atom stereocenters. The van der Waals surface area contributed by atoms with Crippen LogP contribution in [-0.2, 0) is 0 Å². The summed E-state index contributed by atoms with van der Waals surface area (Å²) in [7, 11) is 0. The fourth-order valence-electron chi connectivity index (χ4n) is 22.5. The first kappa shape index (κ1) is 141. The number of halogens is 8. The number of hydrogen-bond donors (Lipinski definition) is 1. The largest absolute Gasteiger partial charge is 0.323 e. The average molecular weight is 2070 g/mol. The Morgan fingerprint density at radius 3 is 0.632 bits per heavy atom. The molecule has 0 radical (unpaired) electrons. The third-order valence-electron chi connectivity index (χ3n) is 36.1. The Bertz CT molecular complexity index is 2800.